The molecule has 0 N–H and O–H groups in total. The molecule has 0 saturated heterocycles. The molecule has 11 heteroatoms. The summed E-state index contributed by atoms with van der Waals surface area (Å²) in [5.74, 6) is -11.0. The van der Waals surface area contributed by atoms with Crippen molar-refractivity contribution < 1.29 is 45.0 Å². The Bertz CT molecular complexity index is 1540. The van der Waals surface area contributed by atoms with E-state index in [0.29, 0.717) is 30.7 Å². The molecule has 0 unspecified atom stereocenters. The van der Waals surface area contributed by atoms with E-state index in [2.05, 4.69) is 9.47 Å². The van der Waals surface area contributed by atoms with E-state index < -0.39 is 70.4 Å². The maximum atomic E-state index is 15.1. The van der Waals surface area contributed by atoms with Crippen LogP contribution in [-0.4, -0.2) is 12.8 Å². The molecule has 0 radical (unpaired) electrons. The van der Waals surface area contributed by atoms with Crippen LogP contribution in [0, 0.1) is 34.9 Å². The molecule has 0 aromatic heterocycles. The zero-order chi connectivity index (χ0) is 29.1. The molecular formula is C29H18ClF7O3. The zero-order valence-electron chi connectivity index (χ0n) is 20.6. The molecule has 0 fully saturated rings. The fraction of sp³-hybridized carbons (Fsp3) is 0.138. The number of carbonyl (C=O) groups is 1. The number of rotatable bonds is 8. The summed E-state index contributed by atoms with van der Waals surface area (Å²) in [6.07, 6.45) is 1.46. The summed E-state index contributed by atoms with van der Waals surface area (Å²) in [5, 5.41) is -0.289. The highest BCUT2D eigenvalue weighted by atomic mass is 35.5. The van der Waals surface area contributed by atoms with Crippen LogP contribution in [0.4, 0.5) is 30.7 Å². The Morgan fingerprint density at radius 2 is 1.40 bits per heavy atom. The Labute approximate surface area is 228 Å². The number of benzene rings is 4. The molecule has 4 aromatic rings. The monoisotopic (exact) mass is 582 g/mol. The number of hydrogen-bond acceptors (Lipinski definition) is 3. The van der Waals surface area contributed by atoms with Crippen LogP contribution in [0.3, 0.4) is 0 Å². The van der Waals surface area contributed by atoms with Gasteiger partial charge in [0.1, 0.15) is 34.6 Å². The molecule has 4 aromatic carbocycles. The molecule has 208 valence electrons. The zero-order valence-corrected chi connectivity index (χ0v) is 21.3. The summed E-state index contributed by atoms with van der Waals surface area (Å²) in [5.41, 5.74) is -1.12. The van der Waals surface area contributed by atoms with Gasteiger partial charge in [0.2, 0.25) is 6.86 Å². The first-order valence-corrected chi connectivity index (χ1v) is 12.1. The summed E-state index contributed by atoms with van der Waals surface area (Å²) in [6.45, 7) is 0.403. The molecule has 0 aliphatic heterocycles. The van der Waals surface area contributed by atoms with Crippen molar-refractivity contribution in [2.45, 2.75) is 19.8 Å². The normalized spacial score (nSPS) is 11.0. The predicted molar refractivity (Wildman–Crippen MR) is 134 cm³/mol. The van der Waals surface area contributed by atoms with E-state index in [0.717, 1.165) is 18.1 Å². The highest BCUT2D eigenvalue weighted by Crippen LogP contribution is 2.37. The first-order valence-electron chi connectivity index (χ1n) is 11.7. The van der Waals surface area contributed by atoms with Gasteiger partial charge in [0.05, 0.1) is 5.02 Å². The summed E-state index contributed by atoms with van der Waals surface area (Å²) in [4.78, 5) is 12.4. The number of esters is 1. The SMILES string of the molecule is CCCc1ccc(-c2cc(F)c(-c3cc(F)c(C(=O)Oc4cc(F)c(OCF)c(F)c4)c(F)c3)c(Cl)c2)c(F)c1. The first-order chi connectivity index (χ1) is 19.0. The first kappa shape index (κ1) is 28.9. The van der Waals surface area contributed by atoms with Crippen molar-refractivity contribution >= 4 is 17.6 Å². The highest BCUT2D eigenvalue weighted by Gasteiger charge is 2.25. The van der Waals surface area contributed by atoms with E-state index in [4.69, 9.17) is 11.6 Å². The van der Waals surface area contributed by atoms with Crippen LogP contribution in [0.15, 0.2) is 54.6 Å². The van der Waals surface area contributed by atoms with Gasteiger partial charge in [0, 0.05) is 23.3 Å². The van der Waals surface area contributed by atoms with Crippen LogP contribution in [0.2, 0.25) is 5.02 Å². The molecule has 3 nitrogen and oxygen atoms in total. The molecule has 0 aliphatic carbocycles. The average molecular weight is 583 g/mol. The maximum Gasteiger partial charge on any atom is 0.349 e. The van der Waals surface area contributed by atoms with Crippen LogP contribution < -0.4 is 9.47 Å². The standard InChI is InChI=1S/C29H18ClF7O3/c1-2-3-14-4-5-18(20(32)6-14)15-7-19(30)26(21(33)8-15)16-9-22(34)27(23(35)10-16)29(38)40-17-11-24(36)28(39-13-31)25(37)12-17/h4-12H,2-3,13H2,1H3. The molecule has 4 rings (SSSR count). The number of alkyl halides is 1. The molecule has 0 atom stereocenters. The van der Waals surface area contributed by atoms with Crippen molar-refractivity contribution in [3.63, 3.8) is 0 Å². The van der Waals surface area contributed by atoms with Gasteiger partial charge in [-0.15, -0.1) is 0 Å². The third kappa shape index (κ3) is 5.91. The van der Waals surface area contributed by atoms with Crippen molar-refractivity contribution in [1.82, 2.24) is 0 Å². The van der Waals surface area contributed by atoms with Crippen LogP contribution in [-0.2, 0) is 6.42 Å². The minimum Gasteiger partial charge on any atom is -0.457 e. The van der Waals surface area contributed by atoms with Crippen molar-refractivity contribution in [2.24, 2.45) is 0 Å². The Balaban J connectivity index is 1.65. The molecule has 0 spiro atoms. The lowest BCUT2D eigenvalue weighted by Gasteiger charge is -2.13. The molecule has 0 aliphatic rings. The number of aryl methyl sites for hydroxylation is 1. The van der Waals surface area contributed by atoms with Gasteiger partial charge < -0.3 is 9.47 Å². The number of ether oxygens (including phenoxy) is 2. The van der Waals surface area contributed by atoms with E-state index in [1.807, 2.05) is 6.92 Å². The molecule has 0 saturated carbocycles. The van der Waals surface area contributed by atoms with Crippen molar-refractivity contribution in [2.75, 3.05) is 6.86 Å². The highest BCUT2D eigenvalue weighted by molar-refractivity contribution is 6.33. The molecular weight excluding hydrogens is 565 g/mol. The van der Waals surface area contributed by atoms with E-state index in [1.54, 1.807) is 6.07 Å². The second-order valence-electron chi connectivity index (χ2n) is 8.55. The number of halogens is 8. The van der Waals surface area contributed by atoms with E-state index in [-0.39, 0.29) is 21.7 Å². The van der Waals surface area contributed by atoms with Crippen LogP contribution >= 0.6 is 11.6 Å². The van der Waals surface area contributed by atoms with E-state index in [9.17, 15) is 31.1 Å². The Morgan fingerprint density at radius 3 is 1.95 bits per heavy atom. The van der Waals surface area contributed by atoms with Gasteiger partial charge in [-0.1, -0.05) is 37.1 Å². The molecule has 0 bridgehead atoms. The lowest BCUT2D eigenvalue weighted by Crippen LogP contribution is -2.14. The van der Waals surface area contributed by atoms with Gasteiger partial charge in [-0.2, -0.15) is 0 Å². The van der Waals surface area contributed by atoms with Gasteiger partial charge >= 0.3 is 5.97 Å². The summed E-state index contributed by atoms with van der Waals surface area (Å²) < 4.78 is 108. The molecule has 40 heavy (non-hydrogen) atoms. The van der Waals surface area contributed by atoms with Gasteiger partial charge in [-0.05, 0) is 53.4 Å². The van der Waals surface area contributed by atoms with Crippen LogP contribution in [0.25, 0.3) is 22.3 Å². The van der Waals surface area contributed by atoms with Gasteiger partial charge in [0.25, 0.3) is 0 Å². The quantitative estimate of drug-likeness (QED) is 0.118. The van der Waals surface area contributed by atoms with Crippen LogP contribution in [0.1, 0.15) is 29.3 Å². The predicted octanol–water partition coefficient (Wildman–Crippen LogP) is 8.99. The van der Waals surface area contributed by atoms with Crippen molar-refractivity contribution in [3.8, 4) is 33.8 Å². The van der Waals surface area contributed by atoms with Crippen molar-refractivity contribution in [3.05, 3.63) is 106 Å². The van der Waals surface area contributed by atoms with E-state index in [1.165, 1.54) is 18.2 Å². The second kappa shape index (κ2) is 12.0. The molecule has 0 heterocycles. The fourth-order valence-electron chi connectivity index (χ4n) is 4.10. The summed E-state index contributed by atoms with van der Waals surface area (Å²) in [7, 11) is 0. The lowest BCUT2D eigenvalue weighted by molar-refractivity contribution is 0.0723. The number of carbonyl (C=O) groups excluding carboxylic acids is 1. The largest absolute Gasteiger partial charge is 0.457 e. The minimum absolute atomic E-state index is 0.0693. The van der Waals surface area contributed by atoms with Gasteiger partial charge in [0.15, 0.2) is 17.4 Å². The van der Waals surface area contributed by atoms with E-state index >= 15 is 4.39 Å². The Hall–Kier alpha value is -4.05. The average Bonchev–Trinajstić information content (AvgIpc) is 2.85. The molecule has 0 amide bonds. The van der Waals surface area contributed by atoms with Crippen molar-refractivity contribution in [1.29, 1.82) is 0 Å². The Morgan fingerprint density at radius 1 is 0.775 bits per heavy atom. The topological polar surface area (TPSA) is 35.5 Å². The smallest absolute Gasteiger partial charge is 0.349 e. The third-order valence-electron chi connectivity index (χ3n) is 5.84. The summed E-state index contributed by atoms with van der Waals surface area (Å²) >= 11 is 6.23. The fourth-order valence-corrected chi connectivity index (χ4v) is 4.42. The lowest BCUT2D eigenvalue weighted by atomic mass is 9.97. The maximum absolute atomic E-state index is 15.1. The summed E-state index contributed by atoms with van der Waals surface area (Å²) in [6, 6.07) is 8.82. The van der Waals surface area contributed by atoms with Gasteiger partial charge in [-0.3, -0.25) is 0 Å². The Kier molecular flexibility index (Phi) is 8.68. The van der Waals surface area contributed by atoms with Crippen LogP contribution in [0.5, 0.6) is 11.5 Å². The van der Waals surface area contributed by atoms with Gasteiger partial charge in [-0.25, -0.2) is 35.5 Å². The third-order valence-corrected chi connectivity index (χ3v) is 6.14. The minimum atomic E-state index is -1.66. The number of hydrogen-bond donors (Lipinski definition) is 0. The second-order valence-corrected chi connectivity index (χ2v) is 8.96.